The van der Waals surface area contributed by atoms with Crippen LogP contribution in [0.3, 0.4) is 0 Å². The van der Waals surface area contributed by atoms with Crippen LogP contribution in [-0.4, -0.2) is 48.5 Å². The van der Waals surface area contributed by atoms with Crippen molar-refractivity contribution in [3.63, 3.8) is 0 Å². The van der Waals surface area contributed by atoms with E-state index in [2.05, 4.69) is 26.5 Å². The maximum absolute atomic E-state index is 12.2. The maximum atomic E-state index is 12.2. The predicted molar refractivity (Wildman–Crippen MR) is 86.6 cm³/mol. The average molecular weight is 350 g/mol. The van der Waals surface area contributed by atoms with Gasteiger partial charge in [0, 0.05) is 7.05 Å². The number of ether oxygens (including phenoxy) is 1. The molecular weight excluding hydrogens is 332 g/mol. The molecule has 0 aliphatic rings. The second-order valence-corrected chi connectivity index (χ2v) is 5.27. The molecule has 2 unspecified atom stereocenters. The number of aromatic nitrogens is 4. The number of hydrogen-bond acceptors (Lipinski definition) is 7. The van der Waals surface area contributed by atoms with Crippen molar-refractivity contribution in [3.05, 3.63) is 26.7 Å². The Kier molecular flexibility index (Phi) is 5.41. The standard InChI is InChI=1S/C15H18N4O6/c1-4-5-6-19-10-12(18(2)15(24)17-14(10)23)16-13(19)11(22)8(20)7-9(21)25-3/h8,11,20,22H,6-7H2,1-3H3,(H,17,23,24). The number of methoxy groups -OCH3 is 1. The summed E-state index contributed by atoms with van der Waals surface area (Å²) in [6.07, 6.45) is -3.55. The fraction of sp³-hybridized carbons (Fsp3) is 0.467. The number of aromatic amines is 1. The van der Waals surface area contributed by atoms with Gasteiger partial charge in [-0.2, -0.15) is 0 Å². The smallest absolute Gasteiger partial charge is 0.329 e. The van der Waals surface area contributed by atoms with Gasteiger partial charge in [-0.3, -0.25) is 19.1 Å². The Morgan fingerprint density at radius 1 is 1.40 bits per heavy atom. The number of rotatable bonds is 5. The van der Waals surface area contributed by atoms with Crippen molar-refractivity contribution in [1.29, 1.82) is 0 Å². The van der Waals surface area contributed by atoms with E-state index in [9.17, 15) is 24.6 Å². The number of aliphatic hydroxyl groups is 2. The number of fused-ring (bicyclic) bond motifs is 1. The van der Waals surface area contributed by atoms with E-state index in [-0.39, 0.29) is 23.5 Å². The third kappa shape index (κ3) is 3.47. The fourth-order valence-corrected chi connectivity index (χ4v) is 2.33. The van der Waals surface area contributed by atoms with Crippen LogP contribution in [0.5, 0.6) is 0 Å². The van der Waals surface area contributed by atoms with E-state index < -0.39 is 35.8 Å². The largest absolute Gasteiger partial charge is 0.469 e. The summed E-state index contributed by atoms with van der Waals surface area (Å²) < 4.78 is 6.86. The van der Waals surface area contributed by atoms with Gasteiger partial charge in [0.05, 0.1) is 26.2 Å². The Morgan fingerprint density at radius 3 is 2.68 bits per heavy atom. The normalized spacial score (nSPS) is 13.2. The lowest BCUT2D eigenvalue weighted by molar-refractivity contribution is -0.144. The number of imidazole rings is 1. The van der Waals surface area contributed by atoms with Gasteiger partial charge in [-0.25, -0.2) is 9.78 Å². The number of hydrogen-bond donors (Lipinski definition) is 3. The van der Waals surface area contributed by atoms with E-state index in [0.29, 0.717) is 0 Å². The molecule has 0 spiro atoms. The first-order valence-electron chi connectivity index (χ1n) is 7.33. The number of esters is 1. The zero-order valence-electron chi connectivity index (χ0n) is 13.9. The molecule has 10 nitrogen and oxygen atoms in total. The first-order valence-corrected chi connectivity index (χ1v) is 7.33. The van der Waals surface area contributed by atoms with Crippen LogP contribution in [0.1, 0.15) is 25.3 Å². The maximum Gasteiger partial charge on any atom is 0.329 e. The Bertz CT molecular complexity index is 974. The Balaban J connectivity index is 2.65. The first-order chi connectivity index (χ1) is 11.8. The van der Waals surface area contributed by atoms with Crippen molar-refractivity contribution in [2.24, 2.45) is 7.05 Å². The highest BCUT2D eigenvalue weighted by Crippen LogP contribution is 2.22. The Morgan fingerprint density at radius 2 is 2.08 bits per heavy atom. The number of aryl methyl sites for hydroxylation is 1. The van der Waals surface area contributed by atoms with Crippen molar-refractivity contribution >= 4 is 17.1 Å². The molecule has 10 heteroatoms. The molecule has 2 atom stereocenters. The predicted octanol–water partition coefficient (Wildman–Crippen LogP) is -1.60. The summed E-state index contributed by atoms with van der Waals surface area (Å²) in [5, 5.41) is 20.4. The molecule has 0 amide bonds. The molecule has 2 rings (SSSR count). The van der Waals surface area contributed by atoms with Gasteiger partial charge in [0.15, 0.2) is 11.2 Å². The van der Waals surface area contributed by atoms with Crippen LogP contribution >= 0.6 is 0 Å². The van der Waals surface area contributed by atoms with Gasteiger partial charge >= 0.3 is 11.7 Å². The molecule has 134 valence electrons. The monoisotopic (exact) mass is 350 g/mol. The van der Waals surface area contributed by atoms with Crippen LogP contribution in [0.25, 0.3) is 11.2 Å². The third-order valence-corrected chi connectivity index (χ3v) is 3.68. The Labute approximate surface area is 141 Å². The minimum absolute atomic E-state index is 0.00558. The van der Waals surface area contributed by atoms with E-state index >= 15 is 0 Å². The van der Waals surface area contributed by atoms with E-state index in [0.717, 1.165) is 11.7 Å². The summed E-state index contributed by atoms with van der Waals surface area (Å²) in [5.74, 6) is 4.60. The molecule has 0 saturated heterocycles. The lowest BCUT2D eigenvalue weighted by Crippen LogP contribution is -2.29. The molecule has 2 aromatic heterocycles. The molecule has 0 saturated carbocycles. The highest BCUT2D eigenvalue weighted by molar-refractivity contribution is 5.72. The van der Waals surface area contributed by atoms with Crippen molar-refractivity contribution in [2.45, 2.75) is 32.1 Å². The van der Waals surface area contributed by atoms with Crippen LogP contribution in [0.2, 0.25) is 0 Å². The summed E-state index contributed by atoms with van der Waals surface area (Å²) in [5.41, 5.74) is -1.29. The topological polar surface area (TPSA) is 139 Å². The molecule has 0 aromatic carbocycles. The van der Waals surface area contributed by atoms with Crippen LogP contribution in [0, 0.1) is 11.8 Å². The summed E-state index contributed by atoms with van der Waals surface area (Å²) in [7, 11) is 2.56. The number of nitrogens with zero attached hydrogens (tertiary/aromatic N) is 3. The molecule has 25 heavy (non-hydrogen) atoms. The number of carbonyl (C=O) groups excluding carboxylic acids is 1. The first kappa shape index (κ1) is 18.4. The summed E-state index contributed by atoms with van der Waals surface area (Å²) in [6.45, 7) is 1.60. The van der Waals surface area contributed by atoms with Crippen molar-refractivity contribution in [3.8, 4) is 11.8 Å². The van der Waals surface area contributed by atoms with Gasteiger partial charge in [0.2, 0.25) is 0 Å². The minimum Gasteiger partial charge on any atom is -0.469 e. The van der Waals surface area contributed by atoms with Crippen molar-refractivity contribution in [2.75, 3.05) is 7.11 Å². The van der Waals surface area contributed by atoms with Gasteiger partial charge in [0.25, 0.3) is 5.56 Å². The lowest BCUT2D eigenvalue weighted by atomic mass is 10.1. The SMILES string of the molecule is CC#CCn1c(C(O)C(O)CC(=O)OC)nc2c1c(=O)[nH]c(=O)n2C. The van der Waals surface area contributed by atoms with E-state index in [1.165, 1.54) is 11.6 Å². The molecule has 0 aliphatic heterocycles. The van der Waals surface area contributed by atoms with E-state index in [4.69, 9.17) is 0 Å². The second-order valence-electron chi connectivity index (χ2n) is 5.27. The highest BCUT2D eigenvalue weighted by Gasteiger charge is 2.28. The molecular formula is C15H18N4O6. The lowest BCUT2D eigenvalue weighted by Gasteiger charge is -2.17. The molecule has 3 N–H and O–H groups in total. The summed E-state index contributed by atoms with van der Waals surface area (Å²) in [6, 6.07) is 0. The van der Waals surface area contributed by atoms with Crippen molar-refractivity contribution < 1.29 is 19.7 Å². The van der Waals surface area contributed by atoms with Crippen LogP contribution in [0.15, 0.2) is 9.59 Å². The molecule has 0 fully saturated rings. The zero-order chi connectivity index (χ0) is 18.7. The van der Waals surface area contributed by atoms with Gasteiger partial charge in [0.1, 0.15) is 11.9 Å². The molecule has 0 aliphatic carbocycles. The highest BCUT2D eigenvalue weighted by atomic mass is 16.5. The Hall–Kier alpha value is -2.90. The van der Waals surface area contributed by atoms with E-state index in [1.54, 1.807) is 6.92 Å². The molecule has 0 bridgehead atoms. The van der Waals surface area contributed by atoms with Crippen LogP contribution in [-0.2, 0) is 23.1 Å². The molecule has 0 radical (unpaired) electrons. The van der Waals surface area contributed by atoms with Crippen molar-refractivity contribution in [1.82, 2.24) is 19.1 Å². The van der Waals surface area contributed by atoms with E-state index in [1.807, 2.05) is 0 Å². The van der Waals surface area contributed by atoms with Gasteiger partial charge in [-0.05, 0) is 6.92 Å². The number of aliphatic hydroxyl groups excluding tert-OH is 2. The van der Waals surface area contributed by atoms with Gasteiger partial charge < -0.3 is 19.5 Å². The third-order valence-electron chi connectivity index (χ3n) is 3.68. The number of carbonyl (C=O) groups is 1. The molecule has 2 heterocycles. The fourth-order valence-electron chi connectivity index (χ4n) is 2.33. The van der Waals surface area contributed by atoms with Crippen LogP contribution in [0.4, 0.5) is 0 Å². The quantitative estimate of drug-likeness (QED) is 0.436. The molecule has 2 aromatic rings. The average Bonchev–Trinajstić information content (AvgIpc) is 2.96. The summed E-state index contributed by atoms with van der Waals surface area (Å²) in [4.78, 5) is 41.5. The number of H-pyrrole nitrogens is 1. The summed E-state index contributed by atoms with van der Waals surface area (Å²) >= 11 is 0. The second kappa shape index (κ2) is 7.33. The van der Waals surface area contributed by atoms with Gasteiger partial charge in [-0.1, -0.05) is 5.92 Å². The minimum atomic E-state index is -1.58. The number of nitrogens with one attached hydrogen (secondary N) is 1. The van der Waals surface area contributed by atoms with Crippen LogP contribution < -0.4 is 11.2 Å². The zero-order valence-corrected chi connectivity index (χ0v) is 13.9. The van der Waals surface area contributed by atoms with Gasteiger partial charge in [-0.15, -0.1) is 5.92 Å².